The van der Waals surface area contributed by atoms with Gasteiger partial charge in [-0.15, -0.1) is 0 Å². The first-order valence-corrected chi connectivity index (χ1v) is 6.05. The summed E-state index contributed by atoms with van der Waals surface area (Å²) in [6.07, 6.45) is -0.603. The van der Waals surface area contributed by atoms with Crippen molar-refractivity contribution in [3.05, 3.63) is 59.3 Å². The van der Waals surface area contributed by atoms with Crippen LogP contribution < -0.4 is 5.32 Å². The molecule has 0 aliphatic heterocycles. The van der Waals surface area contributed by atoms with Crippen LogP contribution >= 0.6 is 0 Å². The highest BCUT2D eigenvalue weighted by Gasteiger charge is 2.09. The Morgan fingerprint density at radius 2 is 2.05 bits per heavy atom. The van der Waals surface area contributed by atoms with Crippen LogP contribution in [0.5, 0.6) is 0 Å². The third-order valence-corrected chi connectivity index (χ3v) is 2.89. The molecule has 0 bridgehead atoms. The van der Waals surface area contributed by atoms with Crippen LogP contribution in [0.4, 0.5) is 5.82 Å². The van der Waals surface area contributed by atoms with Crippen molar-refractivity contribution in [3.63, 3.8) is 0 Å². The minimum atomic E-state index is -0.603. The lowest BCUT2D eigenvalue weighted by Crippen LogP contribution is -2.14. The van der Waals surface area contributed by atoms with E-state index in [0.717, 1.165) is 11.1 Å². The number of anilines is 1. The van der Waals surface area contributed by atoms with Gasteiger partial charge in [-0.1, -0.05) is 30.3 Å². The highest BCUT2D eigenvalue weighted by molar-refractivity contribution is 5.39. The van der Waals surface area contributed by atoms with Crippen molar-refractivity contribution < 1.29 is 5.11 Å². The Hall–Kier alpha value is -2.38. The molecule has 1 aromatic heterocycles. The van der Waals surface area contributed by atoms with Crippen LogP contribution in [0, 0.1) is 18.3 Å². The molecule has 2 N–H and O–H groups in total. The number of aliphatic hydroxyl groups is 1. The van der Waals surface area contributed by atoms with E-state index in [-0.39, 0.29) is 0 Å². The summed E-state index contributed by atoms with van der Waals surface area (Å²) in [5.41, 5.74) is 2.30. The SMILES string of the molecule is Cc1ccccc1C(O)CNc1cccc(C#N)n1. The minimum Gasteiger partial charge on any atom is -0.387 e. The van der Waals surface area contributed by atoms with Crippen molar-refractivity contribution >= 4 is 5.82 Å². The summed E-state index contributed by atoms with van der Waals surface area (Å²) in [5, 5.41) is 21.9. The van der Waals surface area contributed by atoms with Crippen LogP contribution in [0.15, 0.2) is 42.5 Å². The van der Waals surface area contributed by atoms with Crippen LogP contribution in [0.25, 0.3) is 0 Å². The van der Waals surface area contributed by atoms with Gasteiger partial charge in [-0.2, -0.15) is 5.26 Å². The summed E-state index contributed by atoms with van der Waals surface area (Å²) in [7, 11) is 0. The first kappa shape index (κ1) is 13.1. The van der Waals surface area contributed by atoms with Gasteiger partial charge in [0, 0.05) is 6.54 Å². The lowest BCUT2D eigenvalue weighted by molar-refractivity contribution is 0.191. The summed E-state index contributed by atoms with van der Waals surface area (Å²) >= 11 is 0. The van der Waals surface area contributed by atoms with Gasteiger partial charge in [0.1, 0.15) is 17.6 Å². The van der Waals surface area contributed by atoms with E-state index in [2.05, 4.69) is 10.3 Å². The van der Waals surface area contributed by atoms with Crippen molar-refractivity contribution in [2.75, 3.05) is 11.9 Å². The van der Waals surface area contributed by atoms with E-state index < -0.39 is 6.10 Å². The van der Waals surface area contributed by atoms with Gasteiger partial charge in [0.05, 0.1) is 6.10 Å². The monoisotopic (exact) mass is 253 g/mol. The molecule has 0 radical (unpaired) electrons. The van der Waals surface area contributed by atoms with Crippen molar-refractivity contribution in [1.29, 1.82) is 5.26 Å². The molecule has 96 valence electrons. The molecule has 0 fully saturated rings. The first-order chi connectivity index (χ1) is 9.20. The van der Waals surface area contributed by atoms with Gasteiger partial charge < -0.3 is 10.4 Å². The summed E-state index contributed by atoms with van der Waals surface area (Å²) in [5.74, 6) is 0.590. The van der Waals surface area contributed by atoms with E-state index in [1.54, 1.807) is 18.2 Å². The average Bonchev–Trinajstić information content (AvgIpc) is 2.45. The van der Waals surface area contributed by atoms with Gasteiger partial charge in [-0.3, -0.25) is 0 Å². The van der Waals surface area contributed by atoms with Crippen LogP contribution in [0.3, 0.4) is 0 Å². The molecule has 2 rings (SSSR count). The molecule has 2 aromatic rings. The minimum absolute atomic E-state index is 0.354. The van der Waals surface area contributed by atoms with Crippen molar-refractivity contribution in [3.8, 4) is 6.07 Å². The van der Waals surface area contributed by atoms with E-state index in [0.29, 0.717) is 18.1 Å². The molecule has 19 heavy (non-hydrogen) atoms. The molecule has 1 aromatic carbocycles. The molecule has 4 heteroatoms. The second-order valence-corrected chi connectivity index (χ2v) is 4.27. The molecule has 1 unspecified atom stereocenters. The van der Waals surface area contributed by atoms with Crippen LogP contribution in [-0.2, 0) is 0 Å². The zero-order valence-corrected chi connectivity index (χ0v) is 10.7. The van der Waals surface area contributed by atoms with Gasteiger partial charge in [-0.25, -0.2) is 4.98 Å². The van der Waals surface area contributed by atoms with E-state index in [4.69, 9.17) is 5.26 Å². The number of pyridine rings is 1. The third-order valence-electron chi connectivity index (χ3n) is 2.89. The number of hydrogen-bond acceptors (Lipinski definition) is 4. The number of aliphatic hydroxyl groups excluding tert-OH is 1. The predicted molar refractivity (Wildman–Crippen MR) is 73.6 cm³/mol. The molecular weight excluding hydrogens is 238 g/mol. The Morgan fingerprint density at radius 3 is 2.79 bits per heavy atom. The number of nitrogens with one attached hydrogen (secondary N) is 1. The van der Waals surface area contributed by atoms with Crippen LogP contribution in [-0.4, -0.2) is 16.6 Å². The summed E-state index contributed by atoms with van der Waals surface area (Å²) in [6.45, 7) is 2.32. The zero-order chi connectivity index (χ0) is 13.7. The number of rotatable bonds is 4. The Labute approximate surface area is 112 Å². The van der Waals surface area contributed by atoms with Gasteiger partial charge in [0.25, 0.3) is 0 Å². The lowest BCUT2D eigenvalue weighted by Gasteiger charge is -2.14. The summed E-state index contributed by atoms with van der Waals surface area (Å²) in [4.78, 5) is 4.10. The zero-order valence-electron chi connectivity index (χ0n) is 10.7. The fourth-order valence-corrected chi connectivity index (χ4v) is 1.87. The number of nitriles is 1. The molecule has 1 atom stereocenters. The Kier molecular flexibility index (Phi) is 4.11. The highest BCUT2D eigenvalue weighted by atomic mass is 16.3. The van der Waals surface area contributed by atoms with E-state index >= 15 is 0 Å². The van der Waals surface area contributed by atoms with Gasteiger partial charge >= 0.3 is 0 Å². The van der Waals surface area contributed by atoms with Crippen LogP contribution in [0.1, 0.15) is 22.9 Å². The number of nitrogens with zero attached hydrogens (tertiary/aromatic N) is 2. The fraction of sp³-hybridized carbons (Fsp3) is 0.200. The maximum atomic E-state index is 10.1. The standard InChI is InChI=1S/C15H15N3O/c1-11-5-2-3-7-13(11)14(19)10-17-15-8-4-6-12(9-16)18-15/h2-8,14,19H,10H2,1H3,(H,17,18). The second-order valence-electron chi connectivity index (χ2n) is 4.27. The van der Waals surface area contributed by atoms with Crippen LogP contribution in [0.2, 0.25) is 0 Å². The Balaban J connectivity index is 2.03. The highest BCUT2D eigenvalue weighted by Crippen LogP contribution is 2.17. The first-order valence-electron chi connectivity index (χ1n) is 6.05. The summed E-state index contributed by atoms with van der Waals surface area (Å²) < 4.78 is 0. The number of aryl methyl sites for hydroxylation is 1. The van der Waals surface area contributed by atoms with E-state index in [9.17, 15) is 5.11 Å². The molecule has 0 amide bonds. The molecule has 0 aliphatic carbocycles. The molecular formula is C15H15N3O. The van der Waals surface area contributed by atoms with Gasteiger partial charge in [0.15, 0.2) is 0 Å². The molecule has 0 spiro atoms. The number of benzene rings is 1. The normalized spacial score (nSPS) is 11.6. The van der Waals surface area contributed by atoms with Crippen molar-refractivity contribution in [1.82, 2.24) is 4.98 Å². The smallest absolute Gasteiger partial charge is 0.142 e. The predicted octanol–water partition coefficient (Wildman–Crippen LogP) is 2.41. The molecule has 0 aliphatic rings. The average molecular weight is 253 g/mol. The maximum absolute atomic E-state index is 10.1. The lowest BCUT2D eigenvalue weighted by atomic mass is 10.0. The second kappa shape index (κ2) is 5.98. The van der Waals surface area contributed by atoms with Gasteiger partial charge in [-0.05, 0) is 30.2 Å². The fourth-order valence-electron chi connectivity index (χ4n) is 1.87. The number of hydrogen-bond donors (Lipinski definition) is 2. The largest absolute Gasteiger partial charge is 0.387 e. The van der Waals surface area contributed by atoms with Gasteiger partial charge in [0.2, 0.25) is 0 Å². The van der Waals surface area contributed by atoms with Crippen molar-refractivity contribution in [2.24, 2.45) is 0 Å². The Morgan fingerprint density at radius 1 is 1.26 bits per heavy atom. The van der Waals surface area contributed by atoms with E-state index in [1.165, 1.54) is 0 Å². The third kappa shape index (κ3) is 3.30. The molecule has 4 nitrogen and oxygen atoms in total. The molecule has 0 saturated heterocycles. The Bertz CT molecular complexity index is 604. The van der Waals surface area contributed by atoms with E-state index in [1.807, 2.05) is 37.3 Å². The quantitative estimate of drug-likeness (QED) is 0.878. The summed E-state index contributed by atoms with van der Waals surface area (Å²) in [6, 6.07) is 14.9. The van der Waals surface area contributed by atoms with Crippen molar-refractivity contribution in [2.45, 2.75) is 13.0 Å². The molecule has 1 heterocycles. The molecule has 0 saturated carbocycles. The maximum Gasteiger partial charge on any atom is 0.142 e. The number of aromatic nitrogens is 1. The topological polar surface area (TPSA) is 68.9 Å².